The third-order valence-corrected chi connectivity index (χ3v) is 24.0. The lowest BCUT2D eigenvalue weighted by molar-refractivity contribution is -0.293. The lowest BCUT2D eigenvalue weighted by atomic mass is 9.79. The van der Waals surface area contributed by atoms with Crippen LogP contribution in [0.5, 0.6) is 0 Å². The second kappa shape index (κ2) is 22.7. The van der Waals surface area contributed by atoms with E-state index in [2.05, 4.69) is 83.7 Å². The number of hydrogen-bond donors (Lipinski definition) is 0. The smallest absolute Gasteiger partial charge is 0.308 e. The van der Waals surface area contributed by atoms with E-state index in [1.165, 1.54) is 0 Å². The third-order valence-electron chi connectivity index (χ3n) is 17.8. The molecule has 9 fully saturated rings. The Bertz CT molecular complexity index is 2290. The molecule has 414 valence electrons. The highest BCUT2D eigenvalue weighted by Gasteiger charge is 2.69. The molecule has 9 aliphatic rings. The average molecular weight is 1140 g/mol. The molecule has 20 atom stereocenters. The fraction of sp³-hybridized carbons (Fsp3) is 0.786. The van der Waals surface area contributed by atoms with E-state index in [0.717, 1.165) is 36.7 Å². The van der Waals surface area contributed by atoms with Gasteiger partial charge in [-0.2, -0.15) is 8.42 Å². The number of fused-ring (bicyclic) bond motifs is 2. The van der Waals surface area contributed by atoms with Crippen molar-refractivity contribution in [2.45, 2.75) is 271 Å². The molecule has 74 heavy (non-hydrogen) atoms. The molecule has 1 aromatic rings. The summed E-state index contributed by atoms with van der Waals surface area (Å²) >= 11 is 3.43. The summed E-state index contributed by atoms with van der Waals surface area (Å²) in [5.41, 5.74) is 1.92. The lowest BCUT2D eigenvalue weighted by Crippen LogP contribution is -2.63. The van der Waals surface area contributed by atoms with Gasteiger partial charge in [0.1, 0.15) is 42.9 Å². The monoisotopic (exact) mass is 1130 g/mol. The standard InChI is InChI=1S/C56H83BrO15SSi/c1-12-14-40-43(72-74(10,11)55(7,8)9)29-45-48(65-40)35(6)49(44(64-45)28-42-34(5)32(3)25-36(62-42)15-13-24-58)68-47(59)27-37-18-21-41-50(63-37)54-53-52(66-41)51-46(67-53)30-56(69-51,70-54)23-22-38(26-33(4)57)71-73(60,61)39-19-16-31(2)17-20-39/h16-17,19-20,24,32,35-38,40-46,48-54H,4-5,12-15,18,21-23,25-30H2,1-3,6-11H3/t32-,35+,36?,37?,38-,40-,41+,42-,43-,44?,45?,46-,48+,49-,50+,51+,52+,53?,54+,56+/m1/s1. The molecule has 9 heterocycles. The van der Waals surface area contributed by atoms with Gasteiger partial charge in [0.25, 0.3) is 10.1 Å². The Morgan fingerprint density at radius 3 is 2.31 bits per heavy atom. The van der Waals surface area contributed by atoms with Gasteiger partial charge in [-0.05, 0) is 91.7 Å². The number of halogens is 1. The zero-order valence-corrected chi connectivity index (χ0v) is 48.5. The first-order valence-electron chi connectivity index (χ1n) is 27.6. The molecular weight excluding hydrogens is 1050 g/mol. The van der Waals surface area contributed by atoms with E-state index in [0.29, 0.717) is 62.3 Å². The maximum absolute atomic E-state index is 14.5. The molecule has 0 amide bonds. The number of aldehydes is 1. The van der Waals surface area contributed by atoms with Crippen LogP contribution in [0.3, 0.4) is 0 Å². The van der Waals surface area contributed by atoms with E-state index in [1.54, 1.807) is 24.3 Å². The molecule has 0 aromatic heterocycles. The molecular formula is C56H83BrO15SSi. The van der Waals surface area contributed by atoms with Gasteiger partial charge in [0.15, 0.2) is 14.1 Å². The van der Waals surface area contributed by atoms with Crippen LogP contribution in [0.2, 0.25) is 18.1 Å². The Labute approximate surface area is 449 Å². The largest absolute Gasteiger partial charge is 0.459 e. The van der Waals surface area contributed by atoms with Crippen LogP contribution in [0.15, 0.2) is 52.4 Å². The van der Waals surface area contributed by atoms with Crippen LogP contribution in [0.4, 0.5) is 0 Å². The summed E-state index contributed by atoms with van der Waals surface area (Å²) in [7, 11) is -6.25. The van der Waals surface area contributed by atoms with Crippen LogP contribution < -0.4 is 0 Å². The first kappa shape index (κ1) is 56.8. The van der Waals surface area contributed by atoms with Crippen LogP contribution in [0, 0.1) is 18.8 Å². The molecule has 6 bridgehead atoms. The molecule has 0 radical (unpaired) electrons. The van der Waals surface area contributed by atoms with Gasteiger partial charge in [0, 0.05) is 44.4 Å². The Morgan fingerprint density at radius 1 is 0.892 bits per heavy atom. The number of rotatable bonds is 20. The second-order valence-corrected chi connectivity index (χ2v) is 31.8. The summed E-state index contributed by atoms with van der Waals surface area (Å²) in [5.74, 6) is -1.52. The molecule has 0 saturated carbocycles. The third kappa shape index (κ3) is 12.1. The summed E-state index contributed by atoms with van der Waals surface area (Å²) in [6.07, 6.45) is 1.68. The van der Waals surface area contributed by atoms with Crippen LogP contribution in [-0.2, 0) is 70.9 Å². The molecule has 15 nitrogen and oxygen atoms in total. The van der Waals surface area contributed by atoms with Crippen molar-refractivity contribution in [2.24, 2.45) is 11.8 Å². The van der Waals surface area contributed by atoms with Crippen molar-refractivity contribution in [3.05, 3.63) is 53.0 Å². The van der Waals surface area contributed by atoms with Crippen LogP contribution >= 0.6 is 15.9 Å². The fourth-order valence-corrected chi connectivity index (χ4v) is 15.6. The van der Waals surface area contributed by atoms with Crippen LogP contribution in [0.1, 0.15) is 137 Å². The highest BCUT2D eigenvalue weighted by molar-refractivity contribution is 9.11. The Balaban J connectivity index is 0.895. The molecule has 0 spiro atoms. The Morgan fingerprint density at radius 2 is 1.61 bits per heavy atom. The first-order valence-corrected chi connectivity index (χ1v) is 32.7. The van der Waals surface area contributed by atoms with Gasteiger partial charge in [-0.3, -0.25) is 8.98 Å². The highest BCUT2D eigenvalue weighted by atomic mass is 79.9. The van der Waals surface area contributed by atoms with E-state index in [-0.39, 0.29) is 95.7 Å². The van der Waals surface area contributed by atoms with E-state index >= 15 is 0 Å². The molecule has 18 heteroatoms. The highest BCUT2D eigenvalue weighted by Crippen LogP contribution is 2.54. The minimum atomic E-state index is -4.08. The van der Waals surface area contributed by atoms with E-state index in [4.69, 9.17) is 51.2 Å². The van der Waals surface area contributed by atoms with Gasteiger partial charge in [-0.15, -0.1) is 0 Å². The Kier molecular flexibility index (Phi) is 17.4. The van der Waals surface area contributed by atoms with Crippen molar-refractivity contribution in [1.29, 1.82) is 0 Å². The van der Waals surface area contributed by atoms with Gasteiger partial charge in [-0.1, -0.05) is 94.7 Å². The number of carbonyl (C=O) groups is 2. The quantitative estimate of drug-likeness (QED) is 0.0397. The number of benzene rings is 1. The van der Waals surface area contributed by atoms with Crippen molar-refractivity contribution < 1.29 is 69.2 Å². The van der Waals surface area contributed by atoms with E-state index in [1.807, 2.05) is 6.92 Å². The van der Waals surface area contributed by atoms with Crippen molar-refractivity contribution in [3.8, 4) is 0 Å². The van der Waals surface area contributed by atoms with Crippen LogP contribution in [-0.4, -0.2) is 139 Å². The summed E-state index contributed by atoms with van der Waals surface area (Å²) in [4.78, 5) is 26.0. The maximum Gasteiger partial charge on any atom is 0.308 e. The topological polar surface area (TPSA) is 170 Å². The number of ether oxygens (including phenoxy) is 9. The number of hydrogen-bond acceptors (Lipinski definition) is 15. The van der Waals surface area contributed by atoms with Crippen molar-refractivity contribution >= 4 is 46.6 Å². The molecule has 5 unspecified atom stereocenters. The molecule has 9 saturated heterocycles. The predicted molar refractivity (Wildman–Crippen MR) is 282 cm³/mol. The number of esters is 1. The fourth-order valence-electron chi connectivity index (χ4n) is 12.8. The van der Waals surface area contributed by atoms with Crippen molar-refractivity contribution in [3.63, 3.8) is 0 Å². The van der Waals surface area contributed by atoms with Gasteiger partial charge < -0.3 is 51.9 Å². The molecule has 1 aromatic carbocycles. The van der Waals surface area contributed by atoms with Gasteiger partial charge in [-0.25, -0.2) is 0 Å². The number of aryl methyl sites for hydroxylation is 1. The van der Waals surface area contributed by atoms with E-state index in [9.17, 15) is 18.0 Å². The number of carbonyl (C=O) groups excluding carboxylic acids is 2. The average Bonchev–Trinajstić information content (AvgIpc) is 3.75. The van der Waals surface area contributed by atoms with Gasteiger partial charge >= 0.3 is 5.97 Å². The van der Waals surface area contributed by atoms with E-state index < -0.39 is 72.9 Å². The van der Waals surface area contributed by atoms with Crippen molar-refractivity contribution in [2.75, 3.05) is 0 Å². The second-order valence-electron chi connectivity index (χ2n) is 24.4. The molecule has 9 aliphatic heterocycles. The predicted octanol–water partition coefficient (Wildman–Crippen LogP) is 9.89. The minimum Gasteiger partial charge on any atom is -0.459 e. The summed E-state index contributed by atoms with van der Waals surface area (Å²) in [6, 6.07) is 6.58. The normalized spacial score (nSPS) is 40.2. The Hall–Kier alpha value is -1.91. The summed E-state index contributed by atoms with van der Waals surface area (Å²) < 4.78 is 102. The molecule has 0 N–H and O–H groups in total. The maximum atomic E-state index is 14.5. The van der Waals surface area contributed by atoms with Crippen LogP contribution in [0.25, 0.3) is 0 Å². The molecule has 0 aliphatic carbocycles. The zero-order chi connectivity index (χ0) is 53.1. The molecule has 10 rings (SSSR count). The zero-order valence-electron chi connectivity index (χ0n) is 45.1. The summed E-state index contributed by atoms with van der Waals surface area (Å²) in [5, 5.41) is 0.0156. The van der Waals surface area contributed by atoms with Gasteiger partial charge in [0.2, 0.25) is 0 Å². The minimum absolute atomic E-state index is 0.00587. The lowest BCUT2D eigenvalue weighted by Gasteiger charge is -2.53. The summed E-state index contributed by atoms with van der Waals surface area (Å²) in [6.45, 7) is 28.1. The van der Waals surface area contributed by atoms with Crippen molar-refractivity contribution in [1.82, 2.24) is 0 Å². The SMILES string of the molecule is C=C(Br)C[C@@H](CC[C@@]12C[C@H]3OC4[C@@H](O[C@H]5CCC(CC(=O)O[C@H]6C(C[C@H]7OC(CCC=O)C[C@@H](C)C7=C)OC7C[C@@H](O[Si](C)(C)C(C)(C)C)[C@@H](CCC)O[C@H]7[C@@H]6C)O[C@@H]5[C@@H]4O1)[C@H]3O2)OS(=O)(=O)c1ccc(C)cc1. The first-order chi connectivity index (χ1) is 35.0. The van der Waals surface area contributed by atoms with Gasteiger partial charge in [0.05, 0.1) is 78.5 Å².